The Morgan fingerprint density at radius 3 is 1.85 bits per heavy atom. The topological polar surface area (TPSA) is 3.24 Å². The summed E-state index contributed by atoms with van der Waals surface area (Å²) in [7, 11) is 0. The van der Waals surface area contributed by atoms with E-state index in [0.717, 1.165) is 0 Å². The van der Waals surface area contributed by atoms with E-state index in [1.165, 1.54) is 72.0 Å². The smallest absolute Gasteiger partial charge is 0.0543 e. The number of anilines is 3. The summed E-state index contributed by atoms with van der Waals surface area (Å²) >= 11 is 0. The van der Waals surface area contributed by atoms with Crippen LogP contribution in [0, 0.1) is 0 Å². The molecule has 0 saturated carbocycles. The predicted octanol–water partition coefficient (Wildman–Crippen LogP) is 10.4. The van der Waals surface area contributed by atoms with Gasteiger partial charge in [0, 0.05) is 10.8 Å². The van der Waals surface area contributed by atoms with Crippen LogP contribution in [0.2, 0.25) is 0 Å². The molecule has 2 aliphatic rings. The van der Waals surface area contributed by atoms with E-state index in [2.05, 4.69) is 148 Å². The molecule has 0 saturated heterocycles. The first kappa shape index (κ1) is 22.6. The van der Waals surface area contributed by atoms with Crippen LogP contribution in [0.1, 0.15) is 49.9 Å². The monoisotopic (exact) mass is 501 g/mol. The van der Waals surface area contributed by atoms with Crippen molar-refractivity contribution in [1.29, 1.82) is 0 Å². The van der Waals surface area contributed by atoms with Crippen LogP contribution in [0.5, 0.6) is 0 Å². The van der Waals surface area contributed by atoms with Crippen molar-refractivity contribution in [3.8, 4) is 11.1 Å². The van der Waals surface area contributed by atoms with Gasteiger partial charge in [-0.25, -0.2) is 0 Å². The molecule has 188 valence electrons. The largest absolute Gasteiger partial charge is 0.309 e. The van der Waals surface area contributed by atoms with Crippen LogP contribution in [0.25, 0.3) is 32.7 Å². The highest BCUT2D eigenvalue weighted by molar-refractivity contribution is 6.14. The first-order valence-electron chi connectivity index (χ1n) is 14.0. The van der Waals surface area contributed by atoms with Gasteiger partial charge in [-0.05, 0) is 79.2 Å². The summed E-state index contributed by atoms with van der Waals surface area (Å²) in [5.74, 6) is 0. The zero-order chi connectivity index (χ0) is 26.5. The molecule has 1 nitrogen and oxygen atoms in total. The molecule has 0 fully saturated rings. The second kappa shape index (κ2) is 7.61. The summed E-state index contributed by atoms with van der Waals surface area (Å²) in [5, 5.41) is 5.21. The second-order valence-corrected chi connectivity index (χ2v) is 12.2. The fourth-order valence-corrected chi connectivity index (χ4v) is 7.34. The van der Waals surface area contributed by atoms with Crippen molar-refractivity contribution >= 4 is 38.6 Å². The lowest BCUT2D eigenvalue weighted by Crippen LogP contribution is -2.38. The van der Waals surface area contributed by atoms with Gasteiger partial charge in [0.25, 0.3) is 0 Å². The highest BCUT2D eigenvalue weighted by Crippen LogP contribution is 2.60. The Morgan fingerprint density at radius 2 is 1.05 bits per heavy atom. The maximum absolute atomic E-state index is 2.54. The summed E-state index contributed by atoms with van der Waals surface area (Å²) < 4.78 is 0. The fraction of sp³-hybridized carbons (Fsp3) is 0.158. The summed E-state index contributed by atoms with van der Waals surface area (Å²) in [4.78, 5) is 2.54. The Labute approximate surface area is 230 Å². The highest BCUT2D eigenvalue weighted by Gasteiger charge is 2.45. The number of benzene rings is 6. The third-order valence-corrected chi connectivity index (χ3v) is 9.41. The normalized spacial score (nSPS) is 16.1. The molecule has 2 aliphatic heterocycles. The molecule has 0 unspecified atom stereocenters. The average Bonchev–Trinajstić information content (AvgIpc) is 2.96. The van der Waals surface area contributed by atoms with E-state index in [9.17, 15) is 0 Å². The molecule has 2 heterocycles. The van der Waals surface area contributed by atoms with Gasteiger partial charge in [-0.2, -0.15) is 0 Å². The van der Waals surface area contributed by atoms with E-state index in [-0.39, 0.29) is 10.8 Å². The van der Waals surface area contributed by atoms with Gasteiger partial charge in [-0.15, -0.1) is 0 Å². The van der Waals surface area contributed by atoms with E-state index in [1.807, 2.05) is 0 Å². The fourth-order valence-electron chi connectivity index (χ4n) is 7.34. The summed E-state index contributed by atoms with van der Waals surface area (Å²) in [5.41, 5.74) is 11.9. The molecular formula is C38H31N. The van der Waals surface area contributed by atoms with E-state index in [4.69, 9.17) is 0 Å². The molecule has 0 N–H and O–H groups in total. The van der Waals surface area contributed by atoms with Crippen LogP contribution in [0.4, 0.5) is 17.1 Å². The van der Waals surface area contributed by atoms with Gasteiger partial charge in [0.15, 0.2) is 0 Å². The molecule has 39 heavy (non-hydrogen) atoms. The highest BCUT2D eigenvalue weighted by atomic mass is 15.2. The van der Waals surface area contributed by atoms with Crippen molar-refractivity contribution in [2.24, 2.45) is 0 Å². The molecule has 6 aromatic carbocycles. The molecule has 0 atom stereocenters. The summed E-state index contributed by atoms with van der Waals surface area (Å²) in [6.45, 7) is 9.54. The van der Waals surface area contributed by atoms with Crippen LogP contribution in [0.15, 0.2) is 115 Å². The number of hydrogen-bond donors (Lipinski definition) is 0. The SMILES string of the molecule is CC1(C)c2ccccc2N2c3ccc(-c4cc5ccccc5c5ccccc45)cc3C(C)(C)c3cccc1c32. The molecular weight excluding hydrogens is 470 g/mol. The molecule has 8 rings (SSSR count). The van der Waals surface area contributed by atoms with E-state index < -0.39 is 0 Å². The number of hydrogen-bond acceptors (Lipinski definition) is 1. The van der Waals surface area contributed by atoms with Gasteiger partial charge in [-0.1, -0.05) is 119 Å². The van der Waals surface area contributed by atoms with Crippen molar-refractivity contribution in [3.63, 3.8) is 0 Å². The van der Waals surface area contributed by atoms with Crippen LogP contribution in [-0.4, -0.2) is 0 Å². The van der Waals surface area contributed by atoms with E-state index >= 15 is 0 Å². The first-order valence-corrected chi connectivity index (χ1v) is 14.0. The van der Waals surface area contributed by atoms with Gasteiger partial charge in [-0.3, -0.25) is 0 Å². The van der Waals surface area contributed by atoms with Crippen molar-refractivity contribution in [2.45, 2.75) is 38.5 Å². The molecule has 0 radical (unpaired) electrons. The minimum atomic E-state index is -0.137. The van der Waals surface area contributed by atoms with Gasteiger partial charge in [0.2, 0.25) is 0 Å². The van der Waals surface area contributed by atoms with E-state index in [0.29, 0.717) is 0 Å². The van der Waals surface area contributed by atoms with Crippen molar-refractivity contribution < 1.29 is 0 Å². The number of rotatable bonds is 1. The Hall–Kier alpha value is -4.36. The second-order valence-electron chi connectivity index (χ2n) is 12.2. The minimum absolute atomic E-state index is 0.0596. The average molecular weight is 502 g/mol. The lowest BCUT2D eigenvalue weighted by molar-refractivity contribution is 0.597. The number of fused-ring (bicyclic) bond motifs is 7. The maximum Gasteiger partial charge on any atom is 0.0543 e. The standard InChI is InChI=1S/C38H31N/c1-37(2)30-16-9-10-19-34(30)39-35-21-20-25(23-33(35)38(3,4)32-18-11-17-31(37)36(32)39)29-22-24-12-5-6-13-26(24)27-14-7-8-15-28(27)29/h5-23H,1-4H3. The van der Waals surface area contributed by atoms with Gasteiger partial charge in [0.05, 0.1) is 17.1 Å². The van der Waals surface area contributed by atoms with Gasteiger partial charge >= 0.3 is 0 Å². The third kappa shape index (κ3) is 2.91. The first-order chi connectivity index (χ1) is 18.9. The summed E-state index contributed by atoms with van der Waals surface area (Å²) in [6, 6.07) is 43.0. The summed E-state index contributed by atoms with van der Waals surface area (Å²) in [6.07, 6.45) is 0. The molecule has 0 aromatic heterocycles. The van der Waals surface area contributed by atoms with Crippen molar-refractivity contribution in [1.82, 2.24) is 0 Å². The molecule has 0 bridgehead atoms. The predicted molar refractivity (Wildman–Crippen MR) is 166 cm³/mol. The number of para-hydroxylation sites is 2. The Balaban J connectivity index is 1.43. The lowest BCUT2D eigenvalue weighted by Gasteiger charge is -2.49. The van der Waals surface area contributed by atoms with Crippen molar-refractivity contribution in [3.05, 3.63) is 138 Å². The Bertz CT molecular complexity index is 1970. The lowest BCUT2D eigenvalue weighted by atomic mass is 9.66. The molecule has 6 aromatic rings. The van der Waals surface area contributed by atoms with Crippen molar-refractivity contribution in [2.75, 3.05) is 4.90 Å². The molecule has 1 heteroatoms. The zero-order valence-electron chi connectivity index (χ0n) is 22.9. The third-order valence-electron chi connectivity index (χ3n) is 9.41. The van der Waals surface area contributed by atoms with Gasteiger partial charge < -0.3 is 4.90 Å². The zero-order valence-corrected chi connectivity index (χ0v) is 22.9. The van der Waals surface area contributed by atoms with Gasteiger partial charge in [0.1, 0.15) is 0 Å². The minimum Gasteiger partial charge on any atom is -0.309 e. The quantitative estimate of drug-likeness (QED) is 0.203. The number of nitrogens with zero attached hydrogens (tertiary/aromatic N) is 1. The van der Waals surface area contributed by atoms with Crippen LogP contribution in [-0.2, 0) is 10.8 Å². The molecule has 0 amide bonds. The molecule has 0 spiro atoms. The Morgan fingerprint density at radius 1 is 0.462 bits per heavy atom. The maximum atomic E-state index is 2.54. The van der Waals surface area contributed by atoms with E-state index in [1.54, 1.807) is 0 Å². The van der Waals surface area contributed by atoms with Crippen LogP contribution in [0.3, 0.4) is 0 Å². The van der Waals surface area contributed by atoms with Crippen LogP contribution >= 0.6 is 0 Å². The van der Waals surface area contributed by atoms with Crippen LogP contribution < -0.4 is 4.90 Å². The molecule has 0 aliphatic carbocycles. The Kier molecular flexibility index (Phi) is 4.41.